The summed E-state index contributed by atoms with van der Waals surface area (Å²) in [5, 5.41) is 3.08. The highest BCUT2D eigenvalue weighted by atomic mass is 35.5. The molecule has 1 aliphatic rings. The number of benzene rings is 1. The molecule has 0 aliphatic carbocycles. The van der Waals surface area contributed by atoms with E-state index >= 15 is 0 Å². The van der Waals surface area contributed by atoms with Crippen LogP contribution in [0.2, 0.25) is 5.02 Å². The average Bonchev–Trinajstić information content (AvgIpc) is 3.44. The van der Waals surface area contributed by atoms with Gasteiger partial charge in [0.1, 0.15) is 5.76 Å². The number of halogens is 1. The van der Waals surface area contributed by atoms with Crippen LogP contribution < -0.4 is 10.0 Å². The van der Waals surface area contributed by atoms with E-state index in [1.165, 1.54) is 35.4 Å². The van der Waals surface area contributed by atoms with E-state index in [1.54, 1.807) is 12.1 Å². The fourth-order valence-electron chi connectivity index (χ4n) is 3.08. The van der Waals surface area contributed by atoms with E-state index in [-0.39, 0.29) is 36.5 Å². The molecular weight excluding hydrogens is 446 g/mol. The maximum absolute atomic E-state index is 12.8. The predicted octanol–water partition coefficient (Wildman–Crippen LogP) is 1.54. The van der Waals surface area contributed by atoms with Gasteiger partial charge in [-0.15, -0.1) is 0 Å². The van der Waals surface area contributed by atoms with Crippen molar-refractivity contribution < 1.29 is 27.2 Å². The van der Waals surface area contributed by atoms with Crippen molar-refractivity contribution in [2.45, 2.75) is 30.4 Å². The summed E-state index contributed by atoms with van der Waals surface area (Å²) in [6.45, 7) is 0.290. The summed E-state index contributed by atoms with van der Waals surface area (Å²) >= 11 is 5.79. The number of carbonyl (C=O) groups excluding carboxylic acids is 2. The van der Waals surface area contributed by atoms with Crippen LogP contribution in [0.1, 0.15) is 18.6 Å². The zero-order chi connectivity index (χ0) is 22.3. The summed E-state index contributed by atoms with van der Waals surface area (Å²) in [7, 11) is -3.90. The summed E-state index contributed by atoms with van der Waals surface area (Å²) in [6, 6.07) is 9.03. The van der Waals surface area contributed by atoms with Gasteiger partial charge in [0.25, 0.3) is 0 Å². The first-order valence-corrected chi connectivity index (χ1v) is 11.6. The van der Waals surface area contributed by atoms with Crippen molar-refractivity contribution in [3.05, 3.63) is 53.4 Å². The number of rotatable bonds is 10. The zero-order valence-corrected chi connectivity index (χ0v) is 18.3. The fourth-order valence-corrected chi connectivity index (χ4v) is 4.18. The first-order chi connectivity index (χ1) is 14.8. The Hall–Kier alpha value is -2.40. The Bertz CT molecular complexity index is 973. The Balaban J connectivity index is 1.59. The summed E-state index contributed by atoms with van der Waals surface area (Å²) < 4.78 is 37.9. The Morgan fingerprint density at radius 3 is 2.61 bits per heavy atom. The quantitative estimate of drug-likeness (QED) is 0.545. The molecule has 1 aliphatic heterocycles. The predicted molar refractivity (Wildman–Crippen MR) is 113 cm³/mol. The lowest BCUT2D eigenvalue weighted by Crippen LogP contribution is -2.47. The molecule has 2 aromatic rings. The van der Waals surface area contributed by atoms with E-state index in [0.29, 0.717) is 17.4 Å². The number of amides is 2. The van der Waals surface area contributed by atoms with Crippen molar-refractivity contribution in [1.29, 1.82) is 0 Å². The smallest absolute Gasteiger partial charge is 0.241 e. The van der Waals surface area contributed by atoms with Crippen molar-refractivity contribution in [2.75, 3.05) is 26.2 Å². The maximum Gasteiger partial charge on any atom is 0.241 e. The van der Waals surface area contributed by atoms with E-state index in [1.807, 2.05) is 0 Å². The molecule has 0 bridgehead atoms. The molecule has 2 amide bonds. The molecule has 0 spiro atoms. The van der Waals surface area contributed by atoms with Crippen LogP contribution in [0.25, 0.3) is 0 Å². The molecule has 168 valence electrons. The second kappa shape index (κ2) is 10.8. The van der Waals surface area contributed by atoms with E-state index in [2.05, 4.69) is 10.0 Å². The lowest BCUT2D eigenvalue weighted by molar-refractivity contribution is -0.136. The Kier molecular flexibility index (Phi) is 8.08. The Morgan fingerprint density at radius 2 is 1.97 bits per heavy atom. The lowest BCUT2D eigenvalue weighted by atomic mass is 10.2. The molecule has 1 atom stereocenters. The Morgan fingerprint density at radius 1 is 1.19 bits per heavy atom. The largest absolute Gasteiger partial charge is 0.467 e. The van der Waals surface area contributed by atoms with E-state index < -0.39 is 22.5 Å². The zero-order valence-electron chi connectivity index (χ0n) is 16.8. The van der Waals surface area contributed by atoms with Gasteiger partial charge in [-0.05, 0) is 49.2 Å². The monoisotopic (exact) mass is 469 g/mol. The van der Waals surface area contributed by atoms with Gasteiger partial charge >= 0.3 is 0 Å². The third-order valence-electron chi connectivity index (χ3n) is 4.71. The minimum absolute atomic E-state index is 0.00781. The van der Waals surface area contributed by atoms with Gasteiger partial charge in [0.15, 0.2) is 0 Å². The van der Waals surface area contributed by atoms with Crippen LogP contribution >= 0.6 is 11.6 Å². The second-order valence-corrected chi connectivity index (χ2v) is 9.25. The molecule has 0 saturated carbocycles. The standard InChI is InChI=1S/C20H24ClN3O6S/c21-15-5-7-18(8-6-15)31(27,28)23-12-20(26)24(13-17-4-2-10-30-17)14-19(25)22-11-16-3-1-9-29-16/h1,3,5-9,17,23H,2,4,10-14H2,(H,22,25)/t17-/m0/s1. The van der Waals surface area contributed by atoms with Crippen LogP contribution in [0.15, 0.2) is 52.0 Å². The Labute approximate surface area is 185 Å². The van der Waals surface area contributed by atoms with E-state index in [9.17, 15) is 18.0 Å². The number of nitrogens with zero attached hydrogens (tertiary/aromatic N) is 1. The van der Waals surface area contributed by atoms with Crippen LogP contribution in [0.4, 0.5) is 0 Å². The third kappa shape index (κ3) is 7.06. The maximum atomic E-state index is 12.8. The molecule has 0 unspecified atom stereocenters. The normalized spacial score (nSPS) is 16.2. The van der Waals surface area contributed by atoms with Crippen molar-refractivity contribution in [3.8, 4) is 0 Å². The van der Waals surface area contributed by atoms with Gasteiger partial charge in [0.2, 0.25) is 21.8 Å². The number of hydrogen-bond acceptors (Lipinski definition) is 6. The average molecular weight is 470 g/mol. The molecule has 1 aromatic carbocycles. The molecule has 3 rings (SSSR count). The van der Waals surface area contributed by atoms with Gasteiger partial charge in [0, 0.05) is 18.2 Å². The van der Waals surface area contributed by atoms with E-state index in [0.717, 1.165) is 12.8 Å². The van der Waals surface area contributed by atoms with Crippen LogP contribution in [0.5, 0.6) is 0 Å². The van der Waals surface area contributed by atoms with Gasteiger partial charge in [-0.25, -0.2) is 13.1 Å². The third-order valence-corrected chi connectivity index (χ3v) is 6.38. The van der Waals surface area contributed by atoms with Gasteiger partial charge in [-0.1, -0.05) is 11.6 Å². The number of carbonyl (C=O) groups is 2. The summed E-state index contributed by atoms with van der Waals surface area (Å²) in [5.41, 5.74) is 0. The second-order valence-electron chi connectivity index (χ2n) is 7.04. The first kappa shape index (κ1) is 23.3. The molecule has 1 saturated heterocycles. The molecule has 31 heavy (non-hydrogen) atoms. The summed E-state index contributed by atoms with van der Waals surface area (Å²) in [6.07, 6.45) is 2.96. The number of furan rings is 1. The summed E-state index contributed by atoms with van der Waals surface area (Å²) in [5.74, 6) is -0.328. The van der Waals surface area contributed by atoms with Crippen molar-refractivity contribution in [3.63, 3.8) is 0 Å². The number of ether oxygens (including phenoxy) is 1. The minimum Gasteiger partial charge on any atom is -0.467 e. The molecule has 1 aromatic heterocycles. The minimum atomic E-state index is -3.90. The molecule has 2 heterocycles. The highest BCUT2D eigenvalue weighted by molar-refractivity contribution is 7.89. The van der Waals surface area contributed by atoms with Crippen LogP contribution in [0.3, 0.4) is 0 Å². The van der Waals surface area contributed by atoms with E-state index in [4.69, 9.17) is 20.8 Å². The van der Waals surface area contributed by atoms with Gasteiger partial charge in [-0.2, -0.15) is 0 Å². The highest BCUT2D eigenvalue weighted by Gasteiger charge is 2.25. The SMILES string of the molecule is O=C(CN(C[C@@H]1CCCO1)C(=O)CNS(=O)(=O)c1ccc(Cl)cc1)NCc1ccco1. The van der Waals surface area contributed by atoms with Crippen molar-refractivity contribution in [2.24, 2.45) is 0 Å². The molecular formula is C20H24ClN3O6S. The lowest BCUT2D eigenvalue weighted by Gasteiger charge is -2.25. The van der Waals surface area contributed by atoms with Gasteiger partial charge in [0.05, 0.1) is 36.9 Å². The molecule has 9 nitrogen and oxygen atoms in total. The molecule has 2 N–H and O–H groups in total. The van der Waals surface area contributed by atoms with Gasteiger partial charge in [-0.3, -0.25) is 9.59 Å². The van der Waals surface area contributed by atoms with Crippen molar-refractivity contribution >= 4 is 33.4 Å². The van der Waals surface area contributed by atoms with Gasteiger partial charge < -0.3 is 19.4 Å². The van der Waals surface area contributed by atoms with Crippen molar-refractivity contribution in [1.82, 2.24) is 14.9 Å². The van der Waals surface area contributed by atoms with Crippen LogP contribution in [-0.4, -0.2) is 57.5 Å². The fraction of sp³-hybridized carbons (Fsp3) is 0.400. The number of hydrogen-bond donors (Lipinski definition) is 2. The number of sulfonamides is 1. The van der Waals surface area contributed by atoms with Crippen LogP contribution in [-0.2, 0) is 30.9 Å². The molecule has 0 radical (unpaired) electrons. The van der Waals surface area contributed by atoms with Crippen LogP contribution in [0, 0.1) is 0 Å². The summed E-state index contributed by atoms with van der Waals surface area (Å²) in [4.78, 5) is 26.4. The molecule has 1 fully saturated rings. The first-order valence-electron chi connectivity index (χ1n) is 9.77. The highest BCUT2D eigenvalue weighted by Crippen LogP contribution is 2.15. The molecule has 11 heteroatoms. The number of nitrogens with one attached hydrogen (secondary N) is 2. The topological polar surface area (TPSA) is 118 Å².